The molecule has 0 radical (unpaired) electrons. The lowest BCUT2D eigenvalue weighted by atomic mass is 10.0. The van der Waals surface area contributed by atoms with Crippen LogP contribution >= 0.6 is 0 Å². The maximum atomic E-state index is 12.5. The van der Waals surface area contributed by atoms with Gasteiger partial charge in [-0.2, -0.15) is 8.78 Å². The molecule has 1 fully saturated rings. The van der Waals surface area contributed by atoms with Crippen molar-refractivity contribution in [2.45, 2.75) is 26.5 Å². The number of benzene rings is 1. The Morgan fingerprint density at radius 2 is 2.00 bits per heavy atom. The summed E-state index contributed by atoms with van der Waals surface area (Å²) in [6, 6.07) is 4.70. The molecule has 0 aliphatic carbocycles. The number of aromatic nitrogens is 1. The standard InChI is InChI=1S/C16H15F2N3O3/c1-8(2)12-14(22)21(16(23)20-12)10-5-6-11(24-15(17)18)13-9(10)4-3-7-19-13/h3-8,12,15H,1-2H3,(H,20,23)/t12-/m0/s1. The number of alkyl halides is 2. The molecule has 3 amide bonds. The third-order valence-electron chi connectivity index (χ3n) is 3.80. The third-order valence-corrected chi connectivity index (χ3v) is 3.80. The highest BCUT2D eigenvalue weighted by molar-refractivity contribution is 6.24. The Kier molecular flexibility index (Phi) is 4.04. The SMILES string of the molecule is CC(C)[C@@H]1NC(=O)N(c2ccc(OC(F)F)c3ncccc23)C1=O. The van der Waals surface area contributed by atoms with Gasteiger partial charge in [0.05, 0.1) is 5.69 Å². The smallest absolute Gasteiger partial charge is 0.387 e. The summed E-state index contributed by atoms with van der Waals surface area (Å²) in [6.45, 7) is 0.653. The summed E-state index contributed by atoms with van der Waals surface area (Å²) in [4.78, 5) is 29.8. The monoisotopic (exact) mass is 335 g/mol. The fourth-order valence-corrected chi connectivity index (χ4v) is 2.70. The molecule has 126 valence electrons. The number of urea groups is 1. The molecule has 2 heterocycles. The van der Waals surface area contributed by atoms with Gasteiger partial charge in [-0.05, 0) is 30.2 Å². The first kappa shape index (κ1) is 16.1. The van der Waals surface area contributed by atoms with Crippen LogP contribution in [0.15, 0.2) is 30.5 Å². The van der Waals surface area contributed by atoms with E-state index in [0.717, 1.165) is 4.90 Å². The normalized spacial score (nSPS) is 17.9. The number of carbonyl (C=O) groups is 2. The predicted molar refractivity (Wildman–Crippen MR) is 83.0 cm³/mol. The van der Waals surface area contributed by atoms with Gasteiger partial charge >= 0.3 is 12.6 Å². The van der Waals surface area contributed by atoms with Gasteiger partial charge in [-0.15, -0.1) is 0 Å². The van der Waals surface area contributed by atoms with Crippen molar-refractivity contribution in [2.75, 3.05) is 4.90 Å². The van der Waals surface area contributed by atoms with Gasteiger partial charge in [0.25, 0.3) is 5.91 Å². The van der Waals surface area contributed by atoms with Crippen molar-refractivity contribution in [1.82, 2.24) is 10.3 Å². The molecule has 3 rings (SSSR count). The third kappa shape index (κ3) is 2.64. The van der Waals surface area contributed by atoms with Crippen LogP contribution in [-0.4, -0.2) is 29.6 Å². The van der Waals surface area contributed by atoms with E-state index in [1.807, 2.05) is 13.8 Å². The number of halogens is 2. The van der Waals surface area contributed by atoms with E-state index in [0.29, 0.717) is 5.39 Å². The Labute approximate surface area is 136 Å². The first-order valence-electron chi connectivity index (χ1n) is 7.37. The Bertz CT molecular complexity index is 810. The fraction of sp³-hybridized carbons (Fsp3) is 0.312. The lowest BCUT2D eigenvalue weighted by Crippen LogP contribution is -2.34. The number of carbonyl (C=O) groups excluding carboxylic acids is 2. The number of hydrogen-bond acceptors (Lipinski definition) is 4. The van der Waals surface area contributed by atoms with E-state index in [1.54, 1.807) is 12.1 Å². The van der Waals surface area contributed by atoms with Crippen LogP contribution in [0.4, 0.5) is 19.3 Å². The van der Waals surface area contributed by atoms with Crippen molar-refractivity contribution in [2.24, 2.45) is 5.92 Å². The van der Waals surface area contributed by atoms with Crippen LogP contribution in [0.1, 0.15) is 13.8 Å². The van der Waals surface area contributed by atoms with Gasteiger partial charge in [0, 0.05) is 11.6 Å². The van der Waals surface area contributed by atoms with Gasteiger partial charge in [-0.3, -0.25) is 9.78 Å². The summed E-state index contributed by atoms with van der Waals surface area (Å²) >= 11 is 0. The average Bonchev–Trinajstić information content (AvgIpc) is 2.83. The second-order valence-electron chi connectivity index (χ2n) is 5.71. The maximum absolute atomic E-state index is 12.5. The van der Waals surface area contributed by atoms with Crippen LogP contribution in [0, 0.1) is 5.92 Å². The zero-order valence-electron chi connectivity index (χ0n) is 13.0. The first-order chi connectivity index (χ1) is 11.4. The molecule has 1 N–H and O–H groups in total. The van der Waals surface area contributed by atoms with E-state index in [4.69, 9.17) is 0 Å². The van der Waals surface area contributed by atoms with E-state index in [2.05, 4.69) is 15.0 Å². The number of nitrogens with one attached hydrogen (secondary N) is 1. The van der Waals surface area contributed by atoms with Crippen LogP contribution in [0.5, 0.6) is 5.75 Å². The Morgan fingerprint density at radius 1 is 1.25 bits per heavy atom. The molecule has 1 aliphatic rings. The van der Waals surface area contributed by atoms with Crippen LogP contribution in [0.3, 0.4) is 0 Å². The summed E-state index contributed by atoms with van der Waals surface area (Å²) in [7, 11) is 0. The molecule has 8 heteroatoms. The van der Waals surface area contributed by atoms with E-state index in [1.165, 1.54) is 18.3 Å². The van der Waals surface area contributed by atoms with Gasteiger partial charge in [0.2, 0.25) is 0 Å². The molecular formula is C16H15F2N3O3. The fourth-order valence-electron chi connectivity index (χ4n) is 2.70. The number of ether oxygens (including phenoxy) is 1. The van der Waals surface area contributed by atoms with E-state index in [-0.39, 0.29) is 28.8 Å². The molecular weight excluding hydrogens is 320 g/mol. The molecule has 1 aromatic carbocycles. The van der Waals surface area contributed by atoms with Crippen LogP contribution < -0.4 is 15.0 Å². The Hall–Kier alpha value is -2.77. The highest BCUT2D eigenvalue weighted by atomic mass is 19.3. The minimum atomic E-state index is -3.00. The summed E-state index contributed by atoms with van der Waals surface area (Å²) in [5.41, 5.74) is 0.439. The lowest BCUT2D eigenvalue weighted by molar-refractivity contribution is -0.119. The van der Waals surface area contributed by atoms with Gasteiger partial charge in [-0.1, -0.05) is 13.8 Å². The number of nitrogens with zero attached hydrogens (tertiary/aromatic N) is 2. The number of pyridine rings is 1. The van der Waals surface area contributed by atoms with Gasteiger partial charge in [0.15, 0.2) is 5.75 Å². The second-order valence-corrected chi connectivity index (χ2v) is 5.71. The van der Waals surface area contributed by atoms with E-state index >= 15 is 0 Å². The summed E-state index contributed by atoms with van der Waals surface area (Å²) in [5.74, 6) is -0.572. The first-order valence-corrected chi connectivity index (χ1v) is 7.37. The lowest BCUT2D eigenvalue weighted by Gasteiger charge is -2.17. The highest BCUT2D eigenvalue weighted by Gasteiger charge is 2.41. The molecule has 1 aromatic heterocycles. The van der Waals surface area contributed by atoms with Crippen molar-refractivity contribution in [3.8, 4) is 5.75 Å². The number of fused-ring (bicyclic) bond motifs is 1. The van der Waals surface area contributed by atoms with Crippen LogP contribution in [0.2, 0.25) is 0 Å². The average molecular weight is 335 g/mol. The van der Waals surface area contributed by atoms with Crippen molar-refractivity contribution in [3.05, 3.63) is 30.5 Å². The van der Waals surface area contributed by atoms with Crippen LogP contribution in [-0.2, 0) is 4.79 Å². The molecule has 0 bridgehead atoms. The molecule has 1 saturated heterocycles. The van der Waals surface area contributed by atoms with E-state index in [9.17, 15) is 18.4 Å². The summed E-state index contributed by atoms with van der Waals surface area (Å²) in [6.07, 6.45) is 1.42. The molecule has 6 nitrogen and oxygen atoms in total. The number of hydrogen-bond donors (Lipinski definition) is 1. The second kappa shape index (κ2) is 6.03. The molecule has 24 heavy (non-hydrogen) atoms. The Balaban J connectivity index is 2.11. The highest BCUT2D eigenvalue weighted by Crippen LogP contribution is 2.35. The van der Waals surface area contributed by atoms with Gasteiger partial charge < -0.3 is 10.1 Å². The van der Waals surface area contributed by atoms with Crippen LogP contribution in [0.25, 0.3) is 10.9 Å². The van der Waals surface area contributed by atoms with Gasteiger partial charge in [0.1, 0.15) is 11.6 Å². The van der Waals surface area contributed by atoms with Crippen molar-refractivity contribution in [1.29, 1.82) is 0 Å². The van der Waals surface area contributed by atoms with Crippen molar-refractivity contribution >= 4 is 28.5 Å². The molecule has 1 aliphatic heterocycles. The predicted octanol–water partition coefficient (Wildman–Crippen LogP) is 2.92. The number of imide groups is 1. The molecule has 1 atom stereocenters. The quantitative estimate of drug-likeness (QED) is 0.872. The zero-order chi connectivity index (χ0) is 17.4. The Morgan fingerprint density at radius 3 is 2.62 bits per heavy atom. The molecule has 0 spiro atoms. The number of rotatable bonds is 4. The number of amides is 3. The summed E-state index contributed by atoms with van der Waals surface area (Å²) < 4.78 is 29.5. The maximum Gasteiger partial charge on any atom is 0.387 e. The zero-order valence-corrected chi connectivity index (χ0v) is 13.0. The number of anilines is 1. The largest absolute Gasteiger partial charge is 0.432 e. The topological polar surface area (TPSA) is 71.5 Å². The molecule has 0 unspecified atom stereocenters. The minimum Gasteiger partial charge on any atom is -0.432 e. The van der Waals surface area contributed by atoms with Gasteiger partial charge in [-0.25, -0.2) is 9.69 Å². The van der Waals surface area contributed by atoms with Crippen molar-refractivity contribution < 1.29 is 23.1 Å². The molecule has 0 saturated carbocycles. The van der Waals surface area contributed by atoms with E-state index < -0.39 is 18.7 Å². The molecule has 2 aromatic rings. The van der Waals surface area contributed by atoms with Crippen molar-refractivity contribution in [3.63, 3.8) is 0 Å². The summed E-state index contributed by atoms with van der Waals surface area (Å²) in [5, 5.41) is 3.01. The minimum absolute atomic E-state index is 0.0720.